The quantitative estimate of drug-likeness (QED) is 0.765. The summed E-state index contributed by atoms with van der Waals surface area (Å²) in [6.45, 7) is 3.73. The van der Waals surface area contributed by atoms with E-state index < -0.39 is 11.8 Å². The van der Waals surface area contributed by atoms with Crippen LogP contribution in [0.4, 0.5) is 4.39 Å². The van der Waals surface area contributed by atoms with Crippen LogP contribution < -0.4 is 0 Å². The van der Waals surface area contributed by atoms with Crippen LogP contribution in [0, 0.1) is 12.7 Å². The lowest BCUT2D eigenvalue weighted by Gasteiger charge is -2.06. The smallest absolute Gasteiger partial charge is 0.338 e. The molecule has 0 atom stereocenters. The third-order valence-corrected chi connectivity index (χ3v) is 2.63. The number of esters is 1. The number of halogens is 2. The molecule has 76 valence electrons. The second-order valence-electron chi connectivity index (χ2n) is 2.78. The fourth-order valence-electron chi connectivity index (χ4n) is 1.07. The molecule has 0 saturated heterocycles. The molecule has 1 rings (SSSR count). The highest BCUT2D eigenvalue weighted by Gasteiger charge is 2.13. The molecule has 2 nitrogen and oxygen atoms in total. The van der Waals surface area contributed by atoms with E-state index in [-0.39, 0.29) is 12.2 Å². The molecular formula is C10H10BrFO2. The fourth-order valence-corrected chi connectivity index (χ4v) is 1.50. The molecule has 0 fully saturated rings. The average molecular weight is 261 g/mol. The minimum atomic E-state index is -0.495. The van der Waals surface area contributed by atoms with Gasteiger partial charge >= 0.3 is 5.97 Å². The summed E-state index contributed by atoms with van der Waals surface area (Å²) < 4.78 is 18.3. The van der Waals surface area contributed by atoms with Crippen molar-refractivity contribution in [2.75, 3.05) is 6.61 Å². The SMILES string of the molecule is CCOC(=O)c1cc(F)cc(Br)c1C. The molecule has 0 N–H and O–H groups in total. The van der Waals surface area contributed by atoms with Crippen molar-refractivity contribution in [2.24, 2.45) is 0 Å². The molecule has 0 aliphatic carbocycles. The van der Waals surface area contributed by atoms with Crippen LogP contribution in [-0.4, -0.2) is 12.6 Å². The molecule has 0 radical (unpaired) electrons. The maximum atomic E-state index is 13.0. The van der Waals surface area contributed by atoms with Crippen molar-refractivity contribution >= 4 is 21.9 Å². The molecule has 0 heterocycles. The highest BCUT2D eigenvalue weighted by atomic mass is 79.9. The zero-order valence-electron chi connectivity index (χ0n) is 7.93. The van der Waals surface area contributed by atoms with Crippen molar-refractivity contribution in [3.63, 3.8) is 0 Å². The zero-order valence-corrected chi connectivity index (χ0v) is 9.52. The van der Waals surface area contributed by atoms with Crippen LogP contribution in [0.2, 0.25) is 0 Å². The minimum Gasteiger partial charge on any atom is -0.462 e. The van der Waals surface area contributed by atoms with E-state index in [0.717, 1.165) is 0 Å². The third-order valence-electron chi connectivity index (χ3n) is 1.80. The normalized spacial score (nSPS) is 10.0. The highest BCUT2D eigenvalue weighted by Crippen LogP contribution is 2.22. The third kappa shape index (κ3) is 2.32. The number of hydrogen-bond donors (Lipinski definition) is 0. The zero-order chi connectivity index (χ0) is 10.7. The summed E-state index contributed by atoms with van der Waals surface area (Å²) in [4.78, 5) is 11.4. The van der Waals surface area contributed by atoms with Crippen molar-refractivity contribution in [1.29, 1.82) is 0 Å². The molecule has 4 heteroatoms. The summed E-state index contributed by atoms with van der Waals surface area (Å²) in [6, 6.07) is 2.50. The lowest BCUT2D eigenvalue weighted by molar-refractivity contribution is 0.0525. The molecule has 0 unspecified atom stereocenters. The molecule has 0 amide bonds. The van der Waals surface area contributed by atoms with Gasteiger partial charge in [0.25, 0.3) is 0 Å². The molecular weight excluding hydrogens is 251 g/mol. The van der Waals surface area contributed by atoms with Crippen molar-refractivity contribution in [2.45, 2.75) is 13.8 Å². The van der Waals surface area contributed by atoms with Crippen LogP contribution in [-0.2, 0) is 4.74 Å². The number of rotatable bonds is 2. The first-order chi connectivity index (χ1) is 6.56. The van der Waals surface area contributed by atoms with Gasteiger partial charge < -0.3 is 4.74 Å². The summed E-state index contributed by atoms with van der Waals surface area (Å²) in [6.07, 6.45) is 0. The second-order valence-corrected chi connectivity index (χ2v) is 3.63. The lowest BCUT2D eigenvalue weighted by Crippen LogP contribution is -2.07. The summed E-state index contributed by atoms with van der Waals surface area (Å²) in [7, 11) is 0. The van der Waals surface area contributed by atoms with Crippen LogP contribution in [0.3, 0.4) is 0 Å². The number of carbonyl (C=O) groups excluding carboxylic acids is 1. The standard InChI is InChI=1S/C10H10BrFO2/c1-3-14-10(13)8-4-7(12)5-9(11)6(8)2/h4-5H,3H2,1-2H3. The molecule has 1 aromatic carbocycles. The van der Waals surface area contributed by atoms with Gasteiger partial charge in [-0.2, -0.15) is 0 Å². The summed E-state index contributed by atoms with van der Waals surface area (Å²) >= 11 is 3.17. The van der Waals surface area contributed by atoms with Gasteiger partial charge in [-0.15, -0.1) is 0 Å². The van der Waals surface area contributed by atoms with E-state index in [1.165, 1.54) is 12.1 Å². The van der Waals surface area contributed by atoms with Crippen LogP contribution in [0.15, 0.2) is 16.6 Å². The first-order valence-corrected chi connectivity index (χ1v) is 4.98. The van der Waals surface area contributed by atoms with Crippen molar-refractivity contribution in [3.05, 3.63) is 33.5 Å². The summed E-state index contributed by atoms with van der Waals surface area (Å²) in [5.41, 5.74) is 0.948. The predicted molar refractivity (Wildman–Crippen MR) is 54.8 cm³/mol. The Labute approximate surface area is 90.2 Å². The van der Waals surface area contributed by atoms with Gasteiger partial charge in [0, 0.05) is 4.47 Å². The predicted octanol–water partition coefficient (Wildman–Crippen LogP) is 3.07. The monoisotopic (exact) mass is 260 g/mol. The van der Waals surface area contributed by atoms with Crippen molar-refractivity contribution < 1.29 is 13.9 Å². The minimum absolute atomic E-state index is 0.263. The molecule has 0 aliphatic heterocycles. The summed E-state index contributed by atoms with van der Waals surface area (Å²) in [5.74, 6) is -0.948. The molecule has 0 aliphatic rings. The maximum absolute atomic E-state index is 13.0. The molecule has 0 aromatic heterocycles. The number of hydrogen-bond acceptors (Lipinski definition) is 2. The number of ether oxygens (including phenoxy) is 1. The van der Waals surface area contributed by atoms with E-state index in [1.54, 1.807) is 13.8 Å². The fraction of sp³-hybridized carbons (Fsp3) is 0.300. The van der Waals surface area contributed by atoms with Crippen molar-refractivity contribution in [1.82, 2.24) is 0 Å². The Morgan fingerprint density at radius 3 is 2.79 bits per heavy atom. The Morgan fingerprint density at radius 2 is 2.21 bits per heavy atom. The van der Waals surface area contributed by atoms with E-state index in [0.29, 0.717) is 10.0 Å². The largest absolute Gasteiger partial charge is 0.462 e. The van der Waals surface area contributed by atoms with Crippen LogP contribution in [0.5, 0.6) is 0 Å². The van der Waals surface area contributed by atoms with Gasteiger partial charge in [-0.25, -0.2) is 9.18 Å². The lowest BCUT2D eigenvalue weighted by atomic mass is 10.1. The van der Waals surface area contributed by atoms with Gasteiger partial charge in [-0.3, -0.25) is 0 Å². The van der Waals surface area contributed by atoms with E-state index in [9.17, 15) is 9.18 Å². The maximum Gasteiger partial charge on any atom is 0.338 e. The van der Waals surface area contributed by atoms with Crippen LogP contribution >= 0.6 is 15.9 Å². The molecule has 0 spiro atoms. The summed E-state index contributed by atoms with van der Waals surface area (Å²) in [5, 5.41) is 0. The van der Waals surface area contributed by atoms with Crippen molar-refractivity contribution in [3.8, 4) is 0 Å². The van der Waals surface area contributed by atoms with Gasteiger partial charge in [-0.05, 0) is 31.5 Å². The molecule has 0 saturated carbocycles. The van der Waals surface area contributed by atoms with E-state index >= 15 is 0 Å². The van der Waals surface area contributed by atoms with Gasteiger partial charge in [0.2, 0.25) is 0 Å². The van der Waals surface area contributed by atoms with Gasteiger partial charge in [0.05, 0.1) is 12.2 Å². The average Bonchev–Trinajstić information content (AvgIpc) is 2.11. The van der Waals surface area contributed by atoms with Gasteiger partial charge in [0.15, 0.2) is 0 Å². The molecule has 14 heavy (non-hydrogen) atoms. The first kappa shape index (κ1) is 11.2. The van der Waals surface area contributed by atoms with Crippen LogP contribution in [0.1, 0.15) is 22.8 Å². The Bertz CT molecular complexity index is 363. The van der Waals surface area contributed by atoms with Gasteiger partial charge in [0.1, 0.15) is 5.82 Å². The van der Waals surface area contributed by atoms with Crippen LogP contribution in [0.25, 0.3) is 0 Å². The van der Waals surface area contributed by atoms with E-state index in [4.69, 9.17) is 4.74 Å². The molecule has 0 bridgehead atoms. The Balaban J connectivity index is 3.13. The Kier molecular flexibility index (Phi) is 3.63. The Hall–Kier alpha value is -0.900. The molecule has 1 aromatic rings. The van der Waals surface area contributed by atoms with Gasteiger partial charge in [-0.1, -0.05) is 15.9 Å². The number of carbonyl (C=O) groups is 1. The van der Waals surface area contributed by atoms with E-state index in [1.807, 2.05) is 0 Å². The topological polar surface area (TPSA) is 26.3 Å². The Morgan fingerprint density at radius 1 is 1.57 bits per heavy atom. The first-order valence-electron chi connectivity index (χ1n) is 4.19. The second kappa shape index (κ2) is 4.55. The highest BCUT2D eigenvalue weighted by molar-refractivity contribution is 9.10. The van der Waals surface area contributed by atoms with E-state index in [2.05, 4.69) is 15.9 Å². The number of benzene rings is 1.